The van der Waals surface area contributed by atoms with E-state index in [1.807, 2.05) is 0 Å². The number of nitrogens with one attached hydrogen (secondary N) is 1. The van der Waals surface area contributed by atoms with Crippen molar-refractivity contribution in [2.75, 3.05) is 26.3 Å². The van der Waals surface area contributed by atoms with Crippen molar-refractivity contribution in [3.8, 4) is 0 Å². The Kier molecular flexibility index (Phi) is 6.40. The highest BCUT2D eigenvalue weighted by Gasteiger charge is 2.36. The van der Waals surface area contributed by atoms with E-state index in [9.17, 15) is 4.79 Å². The first kappa shape index (κ1) is 20.5. The van der Waals surface area contributed by atoms with Crippen molar-refractivity contribution in [2.24, 2.45) is 5.92 Å². The Morgan fingerprint density at radius 2 is 1.80 bits per heavy atom. The fraction of sp³-hybridized carbons (Fsp3) is 0.720. The van der Waals surface area contributed by atoms with Gasteiger partial charge in [-0.2, -0.15) is 0 Å². The maximum Gasteiger partial charge on any atom is 0.223 e. The van der Waals surface area contributed by atoms with Crippen LogP contribution < -0.4 is 5.32 Å². The minimum Gasteiger partial charge on any atom is -0.381 e. The zero-order valence-corrected chi connectivity index (χ0v) is 18.1. The molecule has 0 spiro atoms. The van der Waals surface area contributed by atoms with Gasteiger partial charge in [-0.15, -0.1) is 0 Å². The average Bonchev–Trinajstić information content (AvgIpc) is 2.90. The molecule has 164 valence electrons. The van der Waals surface area contributed by atoms with E-state index < -0.39 is 0 Å². The van der Waals surface area contributed by atoms with Crippen LogP contribution in [-0.4, -0.2) is 55.4 Å². The molecule has 0 aromatic heterocycles. The van der Waals surface area contributed by atoms with Gasteiger partial charge >= 0.3 is 0 Å². The minimum absolute atomic E-state index is 0.117. The summed E-state index contributed by atoms with van der Waals surface area (Å²) in [5.41, 5.74) is 4.21. The lowest BCUT2D eigenvalue weighted by atomic mass is 9.81. The molecule has 5 rings (SSSR count). The molecule has 2 saturated carbocycles. The third kappa shape index (κ3) is 4.74. The van der Waals surface area contributed by atoms with Gasteiger partial charge in [0.2, 0.25) is 5.91 Å². The summed E-state index contributed by atoms with van der Waals surface area (Å²) in [6, 6.07) is 7.66. The van der Waals surface area contributed by atoms with Crippen LogP contribution in [0.4, 0.5) is 0 Å². The molecule has 1 aromatic carbocycles. The van der Waals surface area contributed by atoms with Crippen molar-refractivity contribution in [3.05, 3.63) is 34.9 Å². The minimum atomic E-state index is 0.117. The first-order valence-corrected chi connectivity index (χ1v) is 12.1. The van der Waals surface area contributed by atoms with Gasteiger partial charge in [-0.05, 0) is 68.1 Å². The molecule has 4 aliphatic rings. The van der Waals surface area contributed by atoms with Gasteiger partial charge in [0.15, 0.2) is 0 Å². The summed E-state index contributed by atoms with van der Waals surface area (Å²) in [6.07, 6.45) is 10.8. The molecule has 0 bridgehead atoms. The number of hydrogen-bond donors (Lipinski definition) is 1. The van der Waals surface area contributed by atoms with Gasteiger partial charge < -0.3 is 14.8 Å². The maximum absolute atomic E-state index is 12.5. The van der Waals surface area contributed by atoms with Crippen LogP contribution in [0, 0.1) is 5.92 Å². The summed E-state index contributed by atoms with van der Waals surface area (Å²) in [7, 11) is 0. The van der Waals surface area contributed by atoms with Crippen molar-refractivity contribution in [1.29, 1.82) is 0 Å². The van der Waals surface area contributed by atoms with E-state index in [0.29, 0.717) is 12.6 Å². The molecular weight excluding hydrogens is 376 g/mol. The SMILES string of the molecule is O=C(NCc1ccc2c(c1)CCN(C1CCC1)CC2)[C@H]1C[C@H](OC2CCOCC2)C1. The number of benzene rings is 1. The fourth-order valence-corrected chi connectivity index (χ4v) is 5.33. The van der Waals surface area contributed by atoms with Crippen LogP contribution in [0.25, 0.3) is 0 Å². The summed E-state index contributed by atoms with van der Waals surface area (Å²) in [4.78, 5) is 15.2. The summed E-state index contributed by atoms with van der Waals surface area (Å²) < 4.78 is 11.5. The molecule has 0 radical (unpaired) electrons. The van der Waals surface area contributed by atoms with Gasteiger partial charge in [0.1, 0.15) is 0 Å². The summed E-state index contributed by atoms with van der Waals surface area (Å²) in [6.45, 7) is 4.64. The highest BCUT2D eigenvalue weighted by Crippen LogP contribution is 2.33. The van der Waals surface area contributed by atoms with E-state index in [4.69, 9.17) is 9.47 Å². The highest BCUT2D eigenvalue weighted by atomic mass is 16.5. The van der Waals surface area contributed by atoms with Crippen LogP contribution in [0.1, 0.15) is 61.6 Å². The standard InChI is InChI=1S/C25H36N2O3/c28-25(21-15-24(16-21)30-23-8-12-29-13-9-23)26-17-18-4-5-19-6-10-27(22-2-1-3-22)11-7-20(19)14-18/h4-5,14,21-24H,1-3,6-13,15-17H2,(H,26,28)/t21-,24-. The molecule has 2 aliphatic carbocycles. The molecule has 0 atom stereocenters. The topological polar surface area (TPSA) is 50.8 Å². The summed E-state index contributed by atoms with van der Waals surface area (Å²) >= 11 is 0. The molecule has 1 N–H and O–H groups in total. The van der Waals surface area contributed by atoms with Crippen LogP contribution >= 0.6 is 0 Å². The monoisotopic (exact) mass is 412 g/mol. The van der Waals surface area contributed by atoms with Crippen LogP contribution in [0.5, 0.6) is 0 Å². The van der Waals surface area contributed by atoms with Crippen LogP contribution in [0.15, 0.2) is 18.2 Å². The molecule has 30 heavy (non-hydrogen) atoms. The molecule has 1 amide bonds. The van der Waals surface area contributed by atoms with Gasteiger partial charge in [-0.1, -0.05) is 24.6 Å². The lowest BCUT2D eigenvalue weighted by molar-refractivity contribution is -0.142. The average molecular weight is 413 g/mol. The molecule has 0 unspecified atom stereocenters. The van der Waals surface area contributed by atoms with Crippen molar-refractivity contribution >= 4 is 5.91 Å². The zero-order chi connectivity index (χ0) is 20.3. The molecule has 1 saturated heterocycles. The number of nitrogens with zero attached hydrogens (tertiary/aromatic N) is 1. The van der Waals surface area contributed by atoms with E-state index in [2.05, 4.69) is 28.4 Å². The summed E-state index contributed by atoms with van der Waals surface area (Å²) in [5, 5.41) is 3.17. The molecule has 2 aliphatic heterocycles. The second kappa shape index (κ2) is 9.37. The third-order valence-electron chi connectivity index (χ3n) is 7.68. The van der Waals surface area contributed by atoms with Gasteiger partial charge in [0, 0.05) is 44.8 Å². The highest BCUT2D eigenvalue weighted by molar-refractivity contribution is 5.79. The maximum atomic E-state index is 12.5. The van der Waals surface area contributed by atoms with E-state index in [1.54, 1.807) is 0 Å². The van der Waals surface area contributed by atoms with Gasteiger partial charge in [-0.3, -0.25) is 9.69 Å². The third-order valence-corrected chi connectivity index (χ3v) is 7.68. The van der Waals surface area contributed by atoms with Gasteiger partial charge in [0.05, 0.1) is 12.2 Å². The molecule has 3 fully saturated rings. The van der Waals surface area contributed by atoms with Crippen molar-refractivity contribution in [3.63, 3.8) is 0 Å². The number of amides is 1. The lowest BCUT2D eigenvalue weighted by Gasteiger charge is -2.37. The number of fused-ring (bicyclic) bond motifs is 1. The predicted molar refractivity (Wildman–Crippen MR) is 116 cm³/mol. The zero-order valence-electron chi connectivity index (χ0n) is 18.1. The first-order valence-electron chi connectivity index (χ1n) is 12.1. The number of carbonyl (C=O) groups is 1. The van der Waals surface area contributed by atoms with Crippen LogP contribution in [-0.2, 0) is 33.7 Å². The van der Waals surface area contributed by atoms with E-state index in [0.717, 1.165) is 57.8 Å². The Balaban J connectivity index is 1.06. The number of carbonyl (C=O) groups excluding carboxylic acids is 1. The number of ether oxygens (including phenoxy) is 2. The Hall–Kier alpha value is -1.43. The number of rotatable bonds is 6. The largest absolute Gasteiger partial charge is 0.381 e. The fourth-order valence-electron chi connectivity index (χ4n) is 5.33. The smallest absolute Gasteiger partial charge is 0.223 e. The van der Waals surface area contributed by atoms with Crippen LogP contribution in [0.2, 0.25) is 0 Å². The van der Waals surface area contributed by atoms with E-state index in [-0.39, 0.29) is 17.9 Å². The molecular formula is C25H36N2O3. The quantitative estimate of drug-likeness (QED) is 0.779. The van der Waals surface area contributed by atoms with Gasteiger partial charge in [0.25, 0.3) is 0 Å². The van der Waals surface area contributed by atoms with Crippen molar-refractivity contribution < 1.29 is 14.3 Å². The van der Waals surface area contributed by atoms with Crippen LogP contribution in [0.3, 0.4) is 0 Å². The molecule has 5 heteroatoms. The Morgan fingerprint density at radius 1 is 1.03 bits per heavy atom. The van der Waals surface area contributed by atoms with E-state index in [1.165, 1.54) is 49.0 Å². The Bertz CT molecular complexity index is 736. The molecule has 2 heterocycles. The molecule has 1 aromatic rings. The predicted octanol–water partition coefficient (Wildman–Crippen LogP) is 3.23. The number of hydrogen-bond acceptors (Lipinski definition) is 4. The normalized spacial score (nSPS) is 28.1. The Morgan fingerprint density at radius 3 is 2.53 bits per heavy atom. The Labute approximate surface area is 180 Å². The van der Waals surface area contributed by atoms with Crippen molar-refractivity contribution in [1.82, 2.24) is 10.2 Å². The van der Waals surface area contributed by atoms with E-state index >= 15 is 0 Å². The first-order chi connectivity index (χ1) is 14.7. The second-order valence-electron chi connectivity index (χ2n) is 9.68. The van der Waals surface area contributed by atoms with Crippen molar-refractivity contribution in [2.45, 2.75) is 82.6 Å². The van der Waals surface area contributed by atoms with Gasteiger partial charge in [-0.25, -0.2) is 0 Å². The molecule has 5 nitrogen and oxygen atoms in total. The lowest BCUT2D eigenvalue weighted by Crippen LogP contribution is -2.44. The second-order valence-corrected chi connectivity index (χ2v) is 9.68. The summed E-state index contributed by atoms with van der Waals surface area (Å²) in [5.74, 6) is 0.305.